The molecule has 0 radical (unpaired) electrons. The van der Waals surface area contributed by atoms with Crippen molar-refractivity contribution in [2.45, 2.75) is 13.1 Å². The number of nitrogens with zero attached hydrogens (tertiary/aromatic N) is 1. The summed E-state index contributed by atoms with van der Waals surface area (Å²) in [5.41, 5.74) is 15.2. The van der Waals surface area contributed by atoms with Gasteiger partial charge in [0.05, 0.1) is 11.4 Å². The quantitative estimate of drug-likeness (QED) is 0.562. The van der Waals surface area contributed by atoms with Crippen LogP contribution < -0.4 is 22.3 Å². The van der Waals surface area contributed by atoms with Crippen LogP contribution in [-0.2, 0) is 13.1 Å². The highest BCUT2D eigenvalue weighted by atomic mass is 15.4. The van der Waals surface area contributed by atoms with Gasteiger partial charge in [-0.1, -0.05) is 30.3 Å². The van der Waals surface area contributed by atoms with Gasteiger partial charge < -0.3 is 11.5 Å². The molecule has 0 bridgehead atoms. The maximum atomic E-state index is 6.15. The Morgan fingerprint density at radius 2 is 1.67 bits per heavy atom. The van der Waals surface area contributed by atoms with Gasteiger partial charge in [-0.25, -0.2) is 5.84 Å². The standard InChI is InChI=1S/C14H18N4/c15-9-11-4-3-6-13(8-11)18(17)14-7-2-1-5-12(14)10-16/h1-8H,9-10,15-17H2. The van der Waals surface area contributed by atoms with Gasteiger partial charge in [0, 0.05) is 13.1 Å². The minimum atomic E-state index is 0.459. The van der Waals surface area contributed by atoms with E-state index in [1.54, 1.807) is 5.01 Å². The van der Waals surface area contributed by atoms with Crippen molar-refractivity contribution in [1.29, 1.82) is 0 Å². The molecule has 0 aliphatic carbocycles. The fourth-order valence-corrected chi connectivity index (χ4v) is 1.89. The molecule has 2 aromatic carbocycles. The van der Waals surface area contributed by atoms with Crippen LogP contribution in [0.4, 0.5) is 11.4 Å². The zero-order valence-electron chi connectivity index (χ0n) is 10.2. The molecular formula is C14H18N4. The summed E-state index contributed by atoms with van der Waals surface area (Å²) < 4.78 is 0. The topological polar surface area (TPSA) is 81.3 Å². The van der Waals surface area contributed by atoms with E-state index in [-0.39, 0.29) is 0 Å². The SMILES string of the molecule is NCc1cccc(N(N)c2ccccc2CN)c1. The highest BCUT2D eigenvalue weighted by Gasteiger charge is 2.08. The van der Waals surface area contributed by atoms with E-state index in [0.29, 0.717) is 13.1 Å². The molecule has 0 heterocycles. The Morgan fingerprint density at radius 1 is 0.889 bits per heavy atom. The lowest BCUT2D eigenvalue weighted by Gasteiger charge is -2.22. The Labute approximate surface area is 107 Å². The van der Waals surface area contributed by atoms with Crippen LogP contribution in [0.25, 0.3) is 0 Å². The molecule has 0 atom stereocenters. The Morgan fingerprint density at radius 3 is 2.39 bits per heavy atom. The van der Waals surface area contributed by atoms with Gasteiger partial charge in [0.2, 0.25) is 0 Å². The fraction of sp³-hybridized carbons (Fsp3) is 0.143. The van der Waals surface area contributed by atoms with Gasteiger partial charge in [-0.2, -0.15) is 0 Å². The van der Waals surface area contributed by atoms with Crippen molar-refractivity contribution in [2.24, 2.45) is 17.3 Å². The van der Waals surface area contributed by atoms with E-state index in [1.807, 2.05) is 48.5 Å². The summed E-state index contributed by atoms with van der Waals surface area (Å²) in [5.74, 6) is 6.15. The average molecular weight is 242 g/mol. The van der Waals surface area contributed by atoms with Gasteiger partial charge in [-0.15, -0.1) is 0 Å². The van der Waals surface area contributed by atoms with E-state index in [0.717, 1.165) is 22.5 Å². The Kier molecular flexibility index (Phi) is 3.94. The molecule has 0 spiro atoms. The van der Waals surface area contributed by atoms with E-state index in [4.69, 9.17) is 17.3 Å². The minimum absolute atomic E-state index is 0.459. The summed E-state index contributed by atoms with van der Waals surface area (Å²) in [5, 5.41) is 1.64. The van der Waals surface area contributed by atoms with Crippen LogP contribution in [0.3, 0.4) is 0 Å². The zero-order valence-corrected chi connectivity index (χ0v) is 10.2. The summed E-state index contributed by atoms with van der Waals surface area (Å²) >= 11 is 0. The van der Waals surface area contributed by atoms with Crippen LogP contribution in [0.2, 0.25) is 0 Å². The largest absolute Gasteiger partial charge is 0.326 e. The van der Waals surface area contributed by atoms with Gasteiger partial charge in [-0.3, -0.25) is 5.01 Å². The Hall–Kier alpha value is -1.88. The summed E-state index contributed by atoms with van der Waals surface area (Å²) in [7, 11) is 0. The molecule has 0 amide bonds. The molecule has 0 aromatic heterocycles. The zero-order chi connectivity index (χ0) is 13.0. The maximum Gasteiger partial charge on any atom is 0.0620 e. The third-order valence-electron chi connectivity index (χ3n) is 2.90. The predicted octanol–water partition coefficient (Wildman–Crippen LogP) is 1.62. The number of hydrogen-bond acceptors (Lipinski definition) is 4. The van der Waals surface area contributed by atoms with E-state index >= 15 is 0 Å². The van der Waals surface area contributed by atoms with Crippen molar-refractivity contribution in [1.82, 2.24) is 0 Å². The van der Waals surface area contributed by atoms with Crippen LogP contribution >= 0.6 is 0 Å². The molecule has 4 heteroatoms. The van der Waals surface area contributed by atoms with Crippen molar-refractivity contribution in [2.75, 3.05) is 5.01 Å². The van der Waals surface area contributed by atoms with Crippen LogP contribution in [0.1, 0.15) is 11.1 Å². The molecule has 6 N–H and O–H groups in total. The first kappa shape index (κ1) is 12.6. The van der Waals surface area contributed by atoms with Crippen LogP contribution in [0.15, 0.2) is 48.5 Å². The number of hydrogen-bond donors (Lipinski definition) is 3. The molecule has 0 aliphatic heterocycles. The van der Waals surface area contributed by atoms with E-state index in [2.05, 4.69) is 0 Å². The highest BCUT2D eigenvalue weighted by Crippen LogP contribution is 2.25. The van der Waals surface area contributed by atoms with Gasteiger partial charge in [0.15, 0.2) is 0 Å². The van der Waals surface area contributed by atoms with E-state index < -0.39 is 0 Å². The number of rotatable bonds is 4. The predicted molar refractivity (Wildman–Crippen MR) is 75.0 cm³/mol. The number of anilines is 2. The molecule has 94 valence electrons. The Balaban J connectivity index is 2.37. The van der Waals surface area contributed by atoms with Crippen molar-refractivity contribution >= 4 is 11.4 Å². The van der Waals surface area contributed by atoms with Gasteiger partial charge in [0.1, 0.15) is 0 Å². The first-order chi connectivity index (χ1) is 8.76. The molecule has 0 saturated heterocycles. The molecule has 18 heavy (non-hydrogen) atoms. The Bertz CT molecular complexity index is 525. The normalized spacial score (nSPS) is 10.4. The lowest BCUT2D eigenvalue weighted by molar-refractivity contribution is 1.01. The molecule has 0 fully saturated rings. The molecular weight excluding hydrogens is 224 g/mol. The van der Waals surface area contributed by atoms with Crippen molar-refractivity contribution in [3.8, 4) is 0 Å². The number of para-hydroxylation sites is 1. The molecule has 4 nitrogen and oxygen atoms in total. The van der Waals surface area contributed by atoms with Crippen LogP contribution in [0, 0.1) is 0 Å². The van der Waals surface area contributed by atoms with E-state index in [9.17, 15) is 0 Å². The molecule has 0 saturated carbocycles. The number of nitrogens with two attached hydrogens (primary N) is 3. The number of hydrazine groups is 1. The summed E-state index contributed by atoms with van der Waals surface area (Å²) in [6, 6.07) is 15.7. The monoisotopic (exact) mass is 242 g/mol. The van der Waals surface area contributed by atoms with Crippen LogP contribution in [0.5, 0.6) is 0 Å². The van der Waals surface area contributed by atoms with Crippen LogP contribution in [-0.4, -0.2) is 0 Å². The third-order valence-corrected chi connectivity index (χ3v) is 2.90. The molecule has 0 unspecified atom stereocenters. The van der Waals surface area contributed by atoms with Gasteiger partial charge in [-0.05, 0) is 29.3 Å². The fourth-order valence-electron chi connectivity index (χ4n) is 1.89. The lowest BCUT2D eigenvalue weighted by Crippen LogP contribution is -2.26. The second-order valence-corrected chi connectivity index (χ2v) is 4.08. The summed E-state index contributed by atoms with van der Waals surface area (Å²) in [6.45, 7) is 0.959. The average Bonchev–Trinajstić information content (AvgIpc) is 2.46. The number of benzene rings is 2. The van der Waals surface area contributed by atoms with Crippen molar-refractivity contribution in [3.05, 3.63) is 59.7 Å². The molecule has 0 aliphatic rings. The summed E-state index contributed by atoms with van der Waals surface area (Å²) in [4.78, 5) is 0. The minimum Gasteiger partial charge on any atom is -0.326 e. The second kappa shape index (κ2) is 5.64. The van der Waals surface area contributed by atoms with Gasteiger partial charge >= 0.3 is 0 Å². The smallest absolute Gasteiger partial charge is 0.0620 e. The van der Waals surface area contributed by atoms with Gasteiger partial charge in [0.25, 0.3) is 0 Å². The summed E-state index contributed by atoms with van der Waals surface area (Å²) in [6.07, 6.45) is 0. The van der Waals surface area contributed by atoms with Crippen molar-refractivity contribution in [3.63, 3.8) is 0 Å². The maximum absolute atomic E-state index is 6.15. The second-order valence-electron chi connectivity index (χ2n) is 4.08. The molecule has 2 rings (SSSR count). The molecule has 2 aromatic rings. The third kappa shape index (κ3) is 2.51. The first-order valence-electron chi connectivity index (χ1n) is 5.88. The van der Waals surface area contributed by atoms with E-state index in [1.165, 1.54) is 0 Å². The lowest BCUT2D eigenvalue weighted by atomic mass is 10.1. The highest BCUT2D eigenvalue weighted by molar-refractivity contribution is 5.65. The van der Waals surface area contributed by atoms with Crippen molar-refractivity contribution < 1.29 is 0 Å². The first-order valence-corrected chi connectivity index (χ1v) is 5.88.